The number of carboxylic acids is 1. The number of thiazole rings is 1. The quantitative estimate of drug-likeness (QED) is 0.927. The average Bonchev–Trinajstić information content (AvgIpc) is 2.81. The summed E-state index contributed by atoms with van der Waals surface area (Å²) in [5.74, 6) is -1.26. The zero-order chi connectivity index (χ0) is 13.3. The fourth-order valence-electron chi connectivity index (χ4n) is 1.47. The first-order valence-corrected chi connectivity index (χ1v) is 5.99. The minimum Gasteiger partial charge on any atom is -0.477 e. The van der Waals surface area contributed by atoms with Crippen molar-refractivity contribution >= 4 is 28.1 Å². The van der Waals surface area contributed by atoms with Crippen molar-refractivity contribution in [1.82, 2.24) is 4.98 Å². The molecule has 18 heavy (non-hydrogen) atoms. The van der Waals surface area contributed by atoms with Gasteiger partial charge in [-0.05, 0) is 30.7 Å². The molecule has 1 heterocycles. The first kappa shape index (κ1) is 12.5. The number of aromatic nitrogens is 1. The lowest BCUT2D eigenvalue weighted by atomic mass is 10.2. The normalized spacial score (nSPS) is 10.4. The standard InChI is InChI=1S/C12H11FN2O2S/c1-7-5-8(3-4-9(7)13)15(2)12-14-6-10(18-12)11(16)17/h3-6H,1-2H3,(H,16,17). The van der Waals surface area contributed by atoms with Gasteiger partial charge in [0.2, 0.25) is 0 Å². The molecular weight excluding hydrogens is 255 g/mol. The average molecular weight is 266 g/mol. The molecule has 0 aliphatic heterocycles. The van der Waals surface area contributed by atoms with Crippen LogP contribution >= 0.6 is 11.3 Å². The second-order valence-corrected chi connectivity index (χ2v) is 4.81. The molecule has 1 N–H and O–H groups in total. The van der Waals surface area contributed by atoms with Crippen molar-refractivity contribution < 1.29 is 14.3 Å². The molecule has 0 aliphatic carbocycles. The Bertz CT molecular complexity index is 598. The molecule has 0 radical (unpaired) electrons. The van der Waals surface area contributed by atoms with Crippen LogP contribution in [0.15, 0.2) is 24.4 Å². The van der Waals surface area contributed by atoms with E-state index in [1.54, 1.807) is 31.0 Å². The molecule has 1 aromatic carbocycles. The first-order chi connectivity index (χ1) is 8.49. The number of nitrogens with zero attached hydrogens (tertiary/aromatic N) is 2. The molecule has 0 amide bonds. The van der Waals surface area contributed by atoms with Crippen molar-refractivity contribution in [1.29, 1.82) is 0 Å². The highest BCUT2D eigenvalue weighted by Gasteiger charge is 2.13. The van der Waals surface area contributed by atoms with Crippen molar-refractivity contribution in [3.63, 3.8) is 0 Å². The fourth-order valence-corrected chi connectivity index (χ4v) is 2.20. The number of rotatable bonds is 3. The molecule has 0 aliphatic rings. The zero-order valence-corrected chi connectivity index (χ0v) is 10.7. The lowest BCUT2D eigenvalue weighted by molar-refractivity contribution is 0.0702. The molecule has 0 saturated heterocycles. The summed E-state index contributed by atoms with van der Waals surface area (Å²) in [6.07, 6.45) is 1.31. The minimum atomic E-state index is -0.998. The maximum Gasteiger partial charge on any atom is 0.347 e. The topological polar surface area (TPSA) is 53.4 Å². The lowest BCUT2D eigenvalue weighted by Gasteiger charge is -2.16. The highest BCUT2D eigenvalue weighted by Crippen LogP contribution is 2.28. The van der Waals surface area contributed by atoms with E-state index in [9.17, 15) is 9.18 Å². The Hall–Kier alpha value is -1.95. The number of carbonyl (C=O) groups is 1. The van der Waals surface area contributed by atoms with Crippen LogP contribution in [0.4, 0.5) is 15.2 Å². The number of hydrogen-bond donors (Lipinski definition) is 1. The van der Waals surface area contributed by atoms with Gasteiger partial charge in [0, 0.05) is 12.7 Å². The molecule has 0 bridgehead atoms. The third kappa shape index (κ3) is 2.33. The van der Waals surface area contributed by atoms with Crippen LogP contribution in [-0.4, -0.2) is 23.1 Å². The smallest absolute Gasteiger partial charge is 0.347 e. The van der Waals surface area contributed by atoms with Gasteiger partial charge in [-0.15, -0.1) is 0 Å². The van der Waals surface area contributed by atoms with E-state index in [1.165, 1.54) is 12.3 Å². The first-order valence-electron chi connectivity index (χ1n) is 5.18. The summed E-state index contributed by atoms with van der Waals surface area (Å²) in [6.45, 7) is 1.68. The van der Waals surface area contributed by atoms with Gasteiger partial charge >= 0.3 is 5.97 Å². The monoisotopic (exact) mass is 266 g/mol. The number of aromatic carboxylic acids is 1. The Kier molecular flexibility index (Phi) is 3.29. The van der Waals surface area contributed by atoms with Gasteiger partial charge in [0.15, 0.2) is 5.13 Å². The van der Waals surface area contributed by atoms with Crippen LogP contribution in [0.25, 0.3) is 0 Å². The summed E-state index contributed by atoms with van der Waals surface area (Å²) in [5.41, 5.74) is 1.30. The van der Waals surface area contributed by atoms with Gasteiger partial charge in [0.1, 0.15) is 10.7 Å². The predicted molar refractivity (Wildman–Crippen MR) is 68.3 cm³/mol. The van der Waals surface area contributed by atoms with Crippen molar-refractivity contribution in [2.45, 2.75) is 6.92 Å². The van der Waals surface area contributed by atoms with Gasteiger partial charge in [-0.2, -0.15) is 0 Å². The zero-order valence-electron chi connectivity index (χ0n) is 9.85. The van der Waals surface area contributed by atoms with E-state index in [0.717, 1.165) is 17.0 Å². The van der Waals surface area contributed by atoms with E-state index in [0.29, 0.717) is 10.7 Å². The third-order valence-corrected chi connectivity index (χ3v) is 3.58. The maximum atomic E-state index is 13.2. The Morgan fingerprint density at radius 1 is 1.50 bits per heavy atom. The Labute approximate surface area is 107 Å². The SMILES string of the molecule is Cc1cc(N(C)c2ncc(C(=O)O)s2)ccc1F. The molecule has 4 nitrogen and oxygen atoms in total. The molecular formula is C12H11FN2O2S. The van der Waals surface area contributed by atoms with Gasteiger partial charge in [0.25, 0.3) is 0 Å². The van der Waals surface area contributed by atoms with Gasteiger partial charge in [-0.1, -0.05) is 11.3 Å². The van der Waals surface area contributed by atoms with E-state index in [-0.39, 0.29) is 10.7 Å². The van der Waals surface area contributed by atoms with Gasteiger partial charge in [0.05, 0.1) is 6.20 Å². The number of halogens is 1. The second kappa shape index (κ2) is 4.73. The molecule has 0 unspecified atom stereocenters. The van der Waals surface area contributed by atoms with E-state index in [1.807, 2.05) is 0 Å². The van der Waals surface area contributed by atoms with Crippen molar-refractivity contribution in [2.75, 3.05) is 11.9 Å². The Morgan fingerprint density at radius 3 is 2.78 bits per heavy atom. The van der Waals surface area contributed by atoms with Gasteiger partial charge < -0.3 is 10.0 Å². The Morgan fingerprint density at radius 2 is 2.22 bits per heavy atom. The van der Waals surface area contributed by atoms with Gasteiger partial charge in [-0.25, -0.2) is 14.2 Å². The number of benzene rings is 1. The number of aryl methyl sites for hydroxylation is 1. The van der Waals surface area contributed by atoms with Crippen LogP contribution in [0.5, 0.6) is 0 Å². The molecule has 0 spiro atoms. The molecule has 0 fully saturated rings. The Balaban J connectivity index is 2.31. The highest BCUT2D eigenvalue weighted by atomic mass is 32.1. The van der Waals surface area contributed by atoms with Crippen LogP contribution in [0.1, 0.15) is 15.2 Å². The molecule has 1 aromatic heterocycles. The molecule has 94 valence electrons. The second-order valence-electron chi connectivity index (χ2n) is 3.80. The molecule has 6 heteroatoms. The summed E-state index contributed by atoms with van der Waals surface area (Å²) in [4.78, 5) is 16.7. The summed E-state index contributed by atoms with van der Waals surface area (Å²) in [5, 5.41) is 9.39. The number of hydrogen-bond acceptors (Lipinski definition) is 4. The summed E-state index contributed by atoms with van der Waals surface area (Å²) < 4.78 is 13.2. The molecule has 0 atom stereocenters. The van der Waals surface area contributed by atoms with E-state index < -0.39 is 5.97 Å². The van der Waals surface area contributed by atoms with Crippen LogP contribution < -0.4 is 4.90 Å². The predicted octanol–water partition coefficient (Wildman–Crippen LogP) is 3.06. The van der Waals surface area contributed by atoms with Crippen LogP contribution in [0.2, 0.25) is 0 Å². The van der Waals surface area contributed by atoms with Crippen LogP contribution in [0.3, 0.4) is 0 Å². The maximum absolute atomic E-state index is 13.2. The van der Waals surface area contributed by atoms with Crippen LogP contribution in [-0.2, 0) is 0 Å². The van der Waals surface area contributed by atoms with Crippen molar-refractivity contribution in [2.24, 2.45) is 0 Å². The van der Waals surface area contributed by atoms with E-state index in [4.69, 9.17) is 5.11 Å². The summed E-state index contributed by atoms with van der Waals surface area (Å²) in [7, 11) is 1.76. The highest BCUT2D eigenvalue weighted by molar-refractivity contribution is 7.17. The van der Waals surface area contributed by atoms with E-state index >= 15 is 0 Å². The van der Waals surface area contributed by atoms with Gasteiger partial charge in [-0.3, -0.25) is 0 Å². The molecule has 2 aromatic rings. The minimum absolute atomic E-state index is 0.177. The number of anilines is 2. The van der Waals surface area contributed by atoms with E-state index in [2.05, 4.69) is 4.98 Å². The number of carboxylic acid groups (broad SMARTS) is 1. The third-order valence-electron chi connectivity index (χ3n) is 2.52. The lowest BCUT2D eigenvalue weighted by Crippen LogP contribution is -2.09. The van der Waals surface area contributed by atoms with Crippen molar-refractivity contribution in [3.8, 4) is 0 Å². The largest absolute Gasteiger partial charge is 0.477 e. The van der Waals surface area contributed by atoms with Crippen molar-refractivity contribution in [3.05, 3.63) is 40.7 Å². The summed E-state index contributed by atoms with van der Waals surface area (Å²) in [6, 6.07) is 4.70. The van der Waals surface area contributed by atoms with Crippen LogP contribution in [0, 0.1) is 12.7 Å². The summed E-state index contributed by atoms with van der Waals surface area (Å²) >= 11 is 1.08. The molecule has 0 saturated carbocycles. The fraction of sp³-hybridized carbons (Fsp3) is 0.167. The molecule has 2 rings (SSSR count).